The third-order valence-corrected chi connectivity index (χ3v) is 4.31. The molecule has 1 aromatic carbocycles. The summed E-state index contributed by atoms with van der Waals surface area (Å²) in [4.78, 5) is 12.7. The number of halogens is 1. The molecule has 0 fully saturated rings. The van der Waals surface area contributed by atoms with E-state index in [4.69, 9.17) is 20.5 Å². The predicted molar refractivity (Wildman–Crippen MR) is 100 cm³/mol. The van der Waals surface area contributed by atoms with E-state index in [1.165, 1.54) is 0 Å². The van der Waals surface area contributed by atoms with Crippen molar-refractivity contribution in [1.82, 2.24) is 14.9 Å². The summed E-state index contributed by atoms with van der Waals surface area (Å²) in [6, 6.07) is 12.4. The van der Waals surface area contributed by atoms with E-state index in [2.05, 4.69) is 15.6 Å². The summed E-state index contributed by atoms with van der Waals surface area (Å²) in [5.41, 5.74) is 2.77. The van der Waals surface area contributed by atoms with E-state index in [1.807, 2.05) is 12.1 Å². The van der Waals surface area contributed by atoms with Crippen LogP contribution in [0.4, 0.5) is 5.69 Å². The highest BCUT2D eigenvalue weighted by atomic mass is 35.5. The number of nitrogens with zero attached hydrogens (tertiary/aromatic N) is 3. The fourth-order valence-electron chi connectivity index (χ4n) is 2.71. The summed E-state index contributed by atoms with van der Waals surface area (Å²) in [6.07, 6.45) is 1.57. The van der Waals surface area contributed by atoms with E-state index >= 15 is 0 Å². The molecule has 0 unspecified atom stereocenters. The van der Waals surface area contributed by atoms with Crippen molar-refractivity contribution in [1.29, 1.82) is 0 Å². The van der Waals surface area contributed by atoms with Crippen molar-refractivity contribution in [2.45, 2.75) is 13.8 Å². The van der Waals surface area contributed by atoms with Gasteiger partial charge in [0.05, 0.1) is 12.0 Å². The van der Waals surface area contributed by atoms with Crippen LogP contribution in [0.1, 0.15) is 21.9 Å². The zero-order valence-electron chi connectivity index (χ0n) is 14.6. The van der Waals surface area contributed by atoms with Crippen molar-refractivity contribution in [3.63, 3.8) is 0 Å². The van der Waals surface area contributed by atoms with E-state index in [-0.39, 0.29) is 11.6 Å². The van der Waals surface area contributed by atoms with Gasteiger partial charge in [0, 0.05) is 11.1 Å². The summed E-state index contributed by atoms with van der Waals surface area (Å²) in [5.74, 6) is 0.753. The molecule has 1 N–H and O–H groups in total. The molecule has 3 aromatic heterocycles. The molecule has 0 spiro atoms. The number of aromatic nitrogens is 3. The Morgan fingerprint density at radius 3 is 2.59 bits per heavy atom. The van der Waals surface area contributed by atoms with Gasteiger partial charge in [-0.05, 0) is 50.2 Å². The van der Waals surface area contributed by atoms with Gasteiger partial charge in [0.1, 0.15) is 17.1 Å². The number of amides is 1. The smallest absolute Gasteiger partial charge is 0.276 e. The monoisotopic (exact) mass is 382 g/mol. The standard InChI is InChI=1S/C19H15ClN4O3/c1-11-18(12(2)27-23-11)21-19(25)15-10-16(17-4-3-9-26-17)24(22-15)14-7-5-13(20)6-8-14/h3-10H,1-2H3,(H,21,25). The first-order valence-corrected chi connectivity index (χ1v) is 8.55. The maximum Gasteiger partial charge on any atom is 0.276 e. The van der Waals surface area contributed by atoms with Crippen LogP contribution in [0.3, 0.4) is 0 Å². The van der Waals surface area contributed by atoms with Crippen LogP contribution in [0.2, 0.25) is 5.02 Å². The highest BCUT2D eigenvalue weighted by Crippen LogP contribution is 2.26. The lowest BCUT2D eigenvalue weighted by Crippen LogP contribution is -2.14. The molecule has 4 rings (SSSR count). The van der Waals surface area contributed by atoms with Crippen molar-refractivity contribution in [2.75, 3.05) is 5.32 Å². The molecule has 136 valence electrons. The molecule has 0 aliphatic rings. The lowest BCUT2D eigenvalue weighted by atomic mass is 10.2. The second kappa shape index (κ2) is 6.77. The van der Waals surface area contributed by atoms with Gasteiger partial charge in [0.15, 0.2) is 17.2 Å². The number of carbonyl (C=O) groups is 1. The SMILES string of the molecule is Cc1noc(C)c1NC(=O)c1cc(-c2ccco2)n(-c2ccc(Cl)cc2)n1. The lowest BCUT2D eigenvalue weighted by molar-refractivity contribution is 0.102. The van der Waals surface area contributed by atoms with E-state index in [9.17, 15) is 4.79 Å². The van der Waals surface area contributed by atoms with Crippen molar-refractivity contribution < 1.29 is 13.7 Å². The maximum atomic E-state index is 12.7. The topological polar surface area (TPSA) is 86.1 Å². The number of benzene rings is 1. The molecule has 0 aliphatic carbocycles. The Morgan fingerprint density at radius 2 is 1.96 bits per heavy atom. The fraction of sp³-hybridized carbons (Fsp3) is 0.105. The maximum absolute atomic E-state index is 12.7. The van der Waals surface area contributed by atoms with Crippen molar-refractivity contribution >= 4 is 23.2 Å². The molecule has 0 saturated carbocycles. The zero-order valence-corrected chi connectivity index (χ0v) is 15.3. The molecule has 8 heteroatoms. The molecule has 1 amide bonds. The van der Waals surface area contributed by atoms with Gasteiger partial charge in [-0.25, -0.2) is 4.68 Å². The molecule has 0 aliphatic heterocycles. The van der Waals surface area contributed by atoms with Crippen LogP contribution in [-0.2, 0) is 0 Å². The highest BCUT2D eigenvalue weighted by molar-refractivity contribution is 6.30. The molecule has 0 atom stereocenters. The first kappa shape index (κ1) is 17.1. The van der Waals surface area contributed by atoms with Gasteiger partial charge in [-0.1, -0.05) is 16.8 Å². The van der Waals surface area contributed by atoms with Gasteiger partial charge in [0.2, 0.25) is 0 Å². The predicted octanol–water partition coefficient (Wildman–Crippen LogP) is 4.64. The largest absolute Gasteiger partial charge is 0.463 e. The molecular weight excluding hydrogens is 368 g/mol. The van der Waals surface area contributed by atoms with Crippen LogP contribution < -0.4 is 5.32 Å². The Labute approximate surface area is 159 Å². The number of hydrogen-bond donors (Lipinski definition) is 1. The Hall–Kier alpha value is -3.32. The van der Waals surface area contributed by atoms with Crippen LogP contribution in [0, 0.1) is 13.8 Å². The number of nitrogens with one attached hydrogen (secondary N) is 1. The number of anilines is 1. The number of furan rings is 1. The van der Waals surface area contributed by atoms with Crippen molar-refractivity contribution in [3.8, 4) is 17.1 Å². The van der Waals surface area contributed by atoms with Crippen LogP contribution in [-0.4, -0.2) is 20.8 Å². The minimum absolute atomic E-state index is 0.233. The molecular formula is C19H15ClN4O3. The van der Waals surface area contributed by atoms with Gasteiger partial charge in [-0.15, -0.1) is 0 Å². The highest BCUT2D eigenvalue weighted by Gasteiger charge is 2.20. The van der Waals surface area contributed by atoms with Crippen LogP contribution >= 0.6 is 11.6 Å². The van der Waals surface area contributed by atoms with E-state index in [1.54, 1.807) is 55.1 Å². The second-order valence-electron chi connectivity index (χ2n) is 5.93. The Bertz CT molecular complexity index is 1080. The third kappa shape index (κ3) is 3.24. The lowest BCUT2D eigenvalue weighted by Gasteiger charge is -2.05. The van der Waals surface area contributed by atoms with E-state index in [0.717, 1.165) is 5.69 Å². The fourth-order valence-corrected chi connectivity index (χ4v) is 2.84. The first-order chi connectivity index (χ1) is 13.0. The Kier molecular flexibility index (Phi) is 4.29. The van der Waals surface area contributed by atoms with Crippen LogP contribution in [0.5, 0.6) is 0 Å². The van der Waals surface area contributed by atoms with Crippen LogP contribution in [0.25, 0.3) is 17.1 Å². The summed E-state index contributed by atoms with van der Waals surface area (Å²) in [6.45, 7) is 3.49. The molecule has 0 radical (unpaired) electrons. The van der Waals surface area contributed by atoms with Crippen molar-refractivity contribution in [2.24, 2.45) is 0 Å². The second-order valence-corrected chi connectivity index (χ2v) is 6.37. The molecule has 0 saturated heterocycles. The number of carbonyl (C=O) groups excluding carboxylic acids is 1. The minimum atomic E-state index is -0.370. The molecule has 7 nitrogen and oxygen atoms in total. The molecule has 27 heavy (non-hydrogen) atoms. The van der Waals surface area contributed by atoms with Gasteiger partial charge < -0.3 is 14.3 Å². The quantitative estimate of drug-likeness (QED) is 0.555. The number of aryl methyl sites for hydroxylation is 2. The zero-order chi connectivity index (χ0) is 19.0. The molecule has 4 aromatic rings. The summed E-state index contributed by atoms with van der Waals surface area (Å²) in [5, 5.41) is 11.7. The van der Waals surface area contributed by atoms with E-state index in [0.29, 0.717) is 33.6 Å². The average molecular weight is 383 g/mol. The van der Waals surface area contributed by atoms with Crippen molar-refractivity contribution in [3.05, 3.63) is 70.9 Å². The summed E-state index contributed by atoms with van der Waals surface area (Å²) >= 11 is 5.98. The van der Waals surface area contributed by atoms with E-state index < -0.39 is 0 Å². The third-order valence-electron chi connectivity index (χ3n) is 4.06. The number of rotatable bonds is 4. The first-order valence-electron chi connectivity index (χ1n) is 8.17. The summed E-state index contributed by atoms with van der Waals surface area (Å²) < 4.78 is 12.2. The van der Waals surface area contributed by atoms with Gasteiger partial charge in [-0.2, -0.15) is 5.10 Å². The van der Waals surface area contributed by atoms with Gasteiger partial charge >= 0.3 is 0 Å². The number of hydrogen-bond acceptors (Lipinski definition) is 5. The van der Waals surface area contributed by atoms with Gasteiger partial charge in [-0.3, -0.25) is 4.79 Å². The molecule has 3 heterocycles. The van der Waals surface area contributed by atoms with Gasteiger partial charge in [0.25, 0.3) is 5.91 Å². The molecule has 0 bridgehead atoms. The average Bonchev–Trinajstić information content (AvgIpc) is 3.38. The Balaban J connectivity index is 1.75. The Morgan fingerprint density at radius 1 is 1.19 bits per heavy atom. The van der Waals surface area contributed by atoms with Crippen LogP contribution in [0.15, 0.2) is 57.7 Å². The minimum Gasteiger partial charge on any atom is -0.463 e. The normalized spacial score (nSPS) is 10.9. The summed E-state index contributed by atoms with van der Waals surface area (Å²) in [7, 11) is 0.